The summed E-state index contributed by atoms with van der Waals surface area (Å²) >= 11 is 5.84. The van der Waals surface area contributed by atoms with Crippen molar-refractivity contribution in [2.75, 3.05) is 7.11 Å². The molecule has 2 rings (SSSR count). The first-order valence-electron chi connectivity index (χ1n) is 4.64. The minimum Gasteiger partial charge on any atom is -0.454 e. The standard InChI is InChI=1S/C11H8ClNO.CH4O/c12-11-10(7-4-8-13-11)14-9-5-2-1-3-6-9;1-2/h1-8H;2H,1H3. The topological polar surface area (TPSA) is 42.4 Å². The zero-order chi connectivity index (χ0) is 11.8. The molecule has 0 radical (unpaired) electrons. The molecule has 16 heavy (non-hydrogen) atoms. The van der Waals surface area contributed by atoms with Gasteiger partial charge in [-0.25, -0.2) is 4.98 Å². The van der Waals surface area contributed by atoms with Gasteiger partial charge >= 0.3 is 0 Å². The Labute approximate surface area is 99.3 Å². The van der Waals surface area contributed by atoms with Crippen molar-refractivity contribution in [3.8, 4) is 11.5 Å². The Hall–Kier alpha value is -1.58. The van der Waals surface area contributed by atoms with Gasteiger partial charge in [0.05, 0.1) is 0 Å². The Morgan fingerprint density at radius 2 is 1.75 bits per heavy atom. The summed E-state index contributed by atoms with van der Waals surface area (Å²) in [6.07, 6.45) is 1.63. The largest absolute Gasteiger partial charge is 0.454 e. The molecule has 1 heterocycles. The lowest BCUT2D eigenvalue weighted by Gasteiger charge is -2.05. The van der Waals surface area contributed by atoms with Crippen LogP contribution in [0.4, 0.5) is 0 Å². The summed E-state index contributed by atoms with van der Waals surface area (Å²) in [6, 6.07) is 13.0. The average Bonchev–Trinajstić information content (AvgIpc) is 2.36. The minimum absolute atomic E-state index is 0.372. The molecule has 0 fully saturated rings. The fourth-order valence-corrected chi connectivity index (χ4v) is 1.22. The zero-order valence-corrected chi connectivity index (χ0v) is 9.56. The van der Waals surface area contributed by atoms with Crippen molar-refractivity contribution in [1.82, 2.24) is 4.98 Å². The van der Waals surface area contributed by atoms with E-state index in [1.54, 1.807) is 18.3 Å². The number of benzene rings is 1. The number of hydrogen-bond acceptors (Lipinski definition) is 3. The third-order valence-corrected chi connectivity index (χ3v) is 1.98. The lowest BCUT2D eigenvalue weighted by molar-refractivity contribution is 0.399. The first kappa shape index (κ1) is 12.5. The van der Waals surface area contributed by atoms with E-state index >= 15 is 0 Å². The fourth-order valence-electron chi connectivity index (χ4n) is 1.06. The van der Waals surface area contributed by atoms with Crippen molar-refractivity contribution in [2.24, 2.45) is 0 Å². The second-order valence-electron chi connectivity index (χ2n) is 2.71. The molecule has 0 spiro atoms. The molecule has 0 atom stereocenters. The number of aromatic nitrogens is 1. The molecular formula is C12H12ClNO2. The number of hydrogen-bond donors (Lipinski definition) is 1. The van der Waals surface area contributed by atoms with Crippen molar-refractivity contribution in [1.29, 1.82) is 0 Å². The molecule has 1 aromatic carbocycles. The van der Waals surface area contributed by atoms with Crippen LogP contribution in [0.25, 0.3) is 0 Å². The molecule has 0 amide bonds. The number of para-hydroxylation sites is 1. The van der Waals surface area contributed by atoms with Gasteiger partial charge in [0.15, 0.2) is 10.9 Å². The number of nitrogens with zero attached hydrogens (tertiary/aromatic N) is 1. The van der Waals surface area contributed by atoms with Gasteiger partial charge in [-0.15, -0.1) is 0 Å². The highest BCUT2D eigenvalue weighted by Crippen LogP contribution is 2.26. The maximum absolute atomic E-state index is 7.00. The first-order chi connectivity index (χ1) is 7.86. The summed E-state index contributed by atoms with van der Waals surface area (Å²) in [5, 5.41) is 7.37. The Balaban J connectivity index is 0.000000606. The van der Waals surface area contributed by atoms with Crippen LogP contribution in [0.15, 0.2) is 48.7 Å². The molecule has 0 saturated heterocycles. The lowest BCUT2D eigenvalue weighted by Crippen LogP contribution is -1.85. The van der Waals surface area contributed by atoms with Crippen LogP contribution in [0.3, 0.4) is 0 Å². The summed E-state index contributed by atoms with van der Waals surface area (Å²) in [6.45, 7) is 0. The third-order valence-electron chi connectivity index (χ3n) is 1.70. The van der Waals surface area contributed by atoms with E-state index in [2.05, 4.69) is 4.98 Å². The molecule has 1 aromatic heterocycles. The quantitative estimate of drug-likeness (QED) is 0.816. The van der Waals surface area contributed by atoms with Crippen LogP contribution in [0.2, 0.25) is 5.15 Å². The average molecular weight is 238 g/mol. The van der Waals surface area contributed by atoms with Crippen molar-refractivity contribution < 1.29 is 9.84 Å². The van der Waals surface area contributed by atoms with E-state index in [4.69, 9.17) is 21.4 Å². The fraction of sp³-hybridized carbons (Fsp3) is 0.0833. The summed E-state index contributed by atoms with van der Waals surface area (Å²) in [7, 11) is 1.00. The van der Waals surface area contributed by atoms with Crippen LogP contribution in [-0.4, -0.2) is 17.2 Å². The van der Waals surface area contributed by atoms with Crippen molar-refractivity contribution in [3.05, 3.63) is 53.8 Å². The second kappa shape index (κ2) is 6.82. The highest BCUT2D eigenvalue weighted by Gasteiger charge is 2.01. The van der Waals surface area contributed by atoms with Crippen LogP contribution in [0.1, 0.15) is 0 Å². The molecule has 0 aliphatic heterocycles. The molecule has 3 nitrogen and oxygen atoms in total. The van der Waals surface area contributed by atoms with Gasteiger partial charge in [-0.2, -0.15) is 0 Å². The van der Waals surface area contributed by atoms with Gasteiger partial charge in [0.25, 0.3) is 0 Å². The maximum Gasteiger partial charge on any atom is 0.171 e. The monoisotopic (exact) mass is 237 g/mol. The van der Waals surface area contributed by atoms with Crippen LogP contribution in [0, 0.1) is 0 Å². The normalized spacial score (nSPS) is 8.94. The summed E-state index contributed by atoms with van der Waals surface area (Å²) in [5.41, 5.74) is 0. The van der Waals surface area contributed by atoms with Gasteiger partial charge in [0.1, 0.15) is 5.75 Å². The van der Waals surface area contributed by atoms with E-state index in [1.807, 2.05) is 30.3 Å². The van der Waals surface area contributed by atoms with Crippen LogP contribution in [0.5, 0.6) is 11.5 Å². The highest BCUT2D eigenvalue weighted by molar-refractivity contribution is 6.30. The Kier molecular flexibility index (Phi) is 5.32. The molecule has 84 valence electrons. The van der Waals surface area contributed by atoms with Crippen LogP contribution < -0.4 is 4.74 Å². The van der Waals surface area contributed by atoms with E-state index in [9.17, 15) is 0 Å². The van der Waals surface area contributed by atoms with Crippen molar-refractivity contribution >= 4 is 11.6 Å². The number of aliphatic hydroxyl groups is 1. The van der Waals surface area contributed by atoms with E-state index in [-0.39, 0.29) is 0 Å². The first-order valence-corrected chi connectivity index (χ1v) is 5.02. The lowest BCUT2D eigenvalue weighted by atomic mass is 10.3. The SMILES string of the molecule is CO.Clc1ncccc1Oc1ccccc1. The number of rotatable bonds is 2. The van der Waals surface area contributed by atoms with Gasteiger partial charge in [-0.05, 0) is 24.3 Å². The molecule has 0 bridgehead atoms. The van der Waals surface area contributed by atoms with Crippen molar-refractivity contribution in [3.63, 3.8) is 0 Å². The molecule has 1 N–H and O–H groups in total. The van der Waals surface area contributed by atoms with Gasteiger partial charge in [0, 0.05) is 13.3 Å². The van der Waals surface area contributed by atoms with E-state index in [0.29, 0.717) is 10.9 Å². The third kappa shape index (κ3) is 3.53. The molecule has 0 aliphatic rings. The summed E-state index contributed by atoms with van der Waals surface area (Å²) < 4.78 is 5.51. The Morgan fingerprint density at radius 1 is 1.06 bits per heavy atom. The number of pyridine rings is 1. The predicted molar refractivity (Wildman–Crippen MR) is 63.9 cm³/mol. The van der Waals surface area contributed by atoms with Gasteiger partial charge in [-0.3, -0.25) is 0 Å². The van der Waals surface area contributed by atoms with Crippen LogP contribution in [-0.2, 0) is 0 Å². The second-order valence-corrected chi connectivity index (χ2v) is 3.07. The Morgan fingerprint density at radius 3 is 2.38 bits per heavy atom. The van der Waals surface area contributed by atoms with Gasteiger partial charge in [0.2, 0.25) is 0 Å². The van der Waals surface area contributed by atoms with Gasteiger partial charge < -0.3 is 9.84 Å². The number of halogens is 1. The molecule has 2 aromatic rings. The molecule has 0 unspecified atom stereocenters. The van der Waals surface area contributed by atoms with Gasteiger partial charge in [-0.1, -0.05) is 29.8 Å². The zero-order valence-electron chi connectivity index (χ0n) is 8.80. The smallest absolute Gasteiger partial charge is 0.171 e. The molecule has 0 aliphatic carbocycles. The van der Waals surface area contributed by atoms with E-state index in [0.717, 1.165) is 12.9 Å². The van der Waals surface area contributed by atoms with Crippen LogP contribution >= 0.6 is 11.6 Å². The number of ether oxygens (including phenoxy) is 1. The number of aliphatic hydroxyl groups excluding tert-OH is 1. The summed E-state index contributed by atoms with van der Waals surface area (Å²) in [4.78, 5) is 3.92. The summed E-state index contributed by atoms with van der Waals surface area (Å²) in [5.74, 6) is 1.32. The van der Waals surface area contributed by atoms with E-state index < -0.39 is 0 Å². The Bertz CT molecular complexity index is 420. The predicted octanol–water partition coefficient (Wildman–Crippen LogP) is 3.14. The molecule has 0 saturated carbocycles. The highest BCUT2D eigenvalue weighted by atomic mass is 35.5. The molecule has 4 heteroatoms. The minimum atomic E-state index is 0.372. The molecular weight excluding hydrogens is 226 g/mol. The van der Waals surface area contributed by atoms with E-state index in [1.165, 1.54) is 0 Å². The maximum atomic E-state index is 7.00. The van der Waals surface area contributed by atoms with Crippen molar-refractivity contribution in [2.45, 2.75) is 0 Å².